The summed E-state index contributed by atoms with van der Waals surface area (Å²) in [5.74, 6) is -2.24. The summed E-state index contributed by atoms with van der Waals surface area (Å²) in [6, 6.07) is 6.65. The number of nitrogens with zero attached hydrogens (tertiary/aromatic N) is 1. The number of rotatable bonds is 3. The van der Waals surface area contributed by atoms with Crippen molar-refractivity contribution in [2.75, 3.05) is 0 Å². The Labute approximate surface area is 96.9 Å². The second-order valence-corrected chi connectivity index (χ2v) is 3.55. The lowest BCUT2D eigenvalue weighted by molar-refractivity contribution is 0.0985. The molecule has 0 fully saturated rings. The van der Waals surface area contributed by atoms with E-state index in [9.17, 15) is 13.6 Å². The van der Waals surface area contributed by atoms with Crippen molar-refractivity contribution in [1.29, 1.82) is 0 Å². The van der Waals surface area contributed by atoms with E-state index in [2.05, 4.69) is 4.98 Å². The van der Waals surface area contributed by atoms with Gasteiger partial charge in [-0.25, -0.2) is 8.78 Å². The summed E-state index contributed by atoms with van der Waals surface area (Å²) < 4.78 is 26.7. The normalized spacial score (nSPS) is 10.2. The van der Waals surface area contributed by atoms with E-state index in [1.54, 1.807) is 12.1 Å². The molecule has 0 atom stereocenters. The SMILES string of the molecule is O=C(Cc1ccncc1)c1c(F)cccc1F. The molecule has 0 saturated heterocycles. The molecule has 0 unspecified atom stereocenters. The molecule has 17 heavy (non-hydrogen) atoms. The van der Waals surface area contributed by atoms with Crippen LogP contribution in [0, 0.1) is 11.6 Å². The summed E-state index contributed by atoms with van der Waals surface area (Å²) in [5.41, 5.74) is 0.192. The number of halogens is 2. The smallest absolute Gasteiger partial charge is 0.173 e. The van der Waals surface area contributed by atoms with Gasteiger partial charge >= 0.3 is 0 Å². The molecule has 1 aromatic carbocycles. The molecule has 1 aromatic heterocycles. The minimum atomic E-state index is -0.830. The van der Waals surface area contributed by atoms with Gasteiger partial charge in [0.25, 0.3) is 0 Å². The van der Waals surface area contributed by atoms with E-state index in [4.69, 9.17) is 0 Å². The Morgan fingerprint density at radius 2 is 1.65 bits per heavy atom. The monoisotopic (exact) mass is 233 g/mol. The van der Waals surface area contributed by atoms with Crippen molar-refractivity contribution in [2.24, 2.45) is 0 Å². The van der Waals surface area contributed by atoms with E-state index in [-0.39, 0.29) is 6.42 Å². The zero-order valence-electron chi connectivity index (χ0n) is 8.86. The Kier molecular flexibility index (Phi) is 3.23. The van der Waals surface area contributed by atoms with Crippen LogP contribution in [0.25, 0.3) is 0 Å². The number of hydrogen-bond acceptors (Lipinski definition) is 2. The van der Waals surface area contributed by atoms with Crippen LogP contribution in [-0.4, -0.2) is 10.8 Å². The van der Waals surface area contributed by atoms with E-state index in [1.165, 1.54) is 18.5 Å². The lowest BCUT2D eigenvalue weighted by Crippen LogP contribution is -2.09. The summed E-state index contributed by atoms with van der Waals surface area (Å²) in [6.45, 7) is 0. The van der Waals surface area contributed by atoms with Crippen LogP contribution in [0.5, 0.6) is 0 Å². The average molecular weight is 233 g/mol. The summed E-state index contributed by atoms with van der Waals surface area (Å²) in [4.78, 5) is 15.6. The highest BCUT2D eigenvalue weighted by atomic mass is 19.1. The van der Waals surface area contributed by atoms with Gasteiger partial charge in [-0.1, -0.05) is 6.07 Å². The molecule has 0 saturated carbocycles. The van der Waals surface area contributed by atoms with Crippen LogP contribution in [0.1, 0.15) is 15.9 Å². The summed E-state index contributed by atoms with van der Waals surface area (Å²) in [6.07, 6.45) is 3.01. The largest absolute Gasteiger partial charge is 0.294 e. The van der Waals surface area contributed by atoms with Crippen molar-refractivity contribution in [3.05, 3.63) is 65.5 Å². The number of Topliss-reactive ketones (excluding diaryl/α,β-unsaturated/α-hetero) is 1. The standard InChI is InChI=1S/C13H9F2NO/c14-10-2-1-3-11(15)13(10)12(17)8-9-4-6-16-7-5-9/h1-7H,8H2. The third-order valence-electron chi connectivity index (χ3n) is 2.36. The Morgan fingerprint density at radius 1 is 1.06 bits per heavy atom. The molecular formula is C13H9F2NO. The van der Waals surface area contributed by atoms with Gasteiger partial charge in [-0.05, 0) is 29.8 Å². The molecule has 4 heteroatoms. The van der Waals surface area contributed by atoms with Gasteiger partial charge in [0, 0.05) is 18.8 Å². The van der Waals surface area contributed by atoms with Gasteiger partial charge in [-0.3, -0.25) is 9.78 Å². The van der Waals surface area contributed by atoms with Gasteiger partial charge in [-0.15, -0.1) is 0 Å². The lowest BCUT2D eigenvalue weighted by atomic mass is 10.0. The van der Waals surface area contributed by atoms with E-state index in [0.717, 1.165) is 12.1 Å². The maximum Gasteiger partial charge on any atom is 0.173 e. The zero-order valence-corrected chi connectivity index (χ0v) is 8.86. The first-order chi connectivity index (χ1) is 8.18. The van der Waals surface area contributed by atoms with Gasteiger partial charge < -0.3 is 0 Å². The maximum absolute atomic E-state index is 13.3. The fourth-order valence-electron chi connectivity index (χ4n) is 1.54. The van der Waals surface area contributed by atoms with Crippen LogP contribution in [0.15, 0.2) is 42.7 Å². The number of carbonyl (C=O) groups excluding carboxylic acids is 1. The van der Waals surface area contributed by atoms with Gasteiger partial charge in [-0.2, -0.15) is 0 Å². The molecule has 0 radical (unpaired) electrons. The number of aromatic nitrogens is 1. The maximum atomic E-state index is 13.3. The van der Waals surface area contributed by atoms with Gasteiger partial charge in [0.15, 0.2) is 5.78 Å². The molecule has 0 amide bonds. The van der Waals surface area contributed by atoms with Gasteiger partial charge in [0.05, 0.1) is 5.56 Å². The van der Waals surface area contributed by atoms with Crippen LogP contribution >= 0.6 is 0 Å². The molecule has 2 rings (SSSR count). The Hall–Kier alpha value is -2.10. The molecule has 0 aliphatic rings. The summed E-state index contributed by atoms with van der Waals surface area (Å²) in [5, 5.41) is 0. The molecule has 0 N–H and O–H groups in total. The summed E-state index contributed by atoms with van der Waals surface area (Å²) in [7, 11) is 0. The summed E-state index contributed by atoms with van der Waals surface area (Å²) >= 11 is 0. The number of pyridine rings is 1. The predicted molar refractivity (Wildman–Crippen MR) is 58.6 cm³/mol. The van der Waals surface area contributed by atoms with Crippen molar-refractivity contribution in [1.82, 2.24) is 4.98 Å². The van der Waals surface area contributed by atoms with Crippen LogP contribution < -0.4 is 0 Å². The van der Waals surface area contributed by atoms with Crippen LogP contribution in [0.3, 0.4) is 0 Å². The number of benzene rings is 1. The average Bonchev–Trinajstić information content (AvgIpc) is 2.30. The molecule has 0 aliphatic heterocycles. The van der Waals surface area contributed by atoms with Crippen molar-refractivity contribution in [3.63, 3.8) is 0 Å². The molecular weight excluding hydrogens is 224 g/mol. The molecule has 2 nitrogen and oxygen atoms in total. The minimum Gasteiger partial charge on any atom is -0.294 e. The zero-order chi connectivity index (χ0) is 12.3. The second-order valence-electron chi connectivity index (χ2n) is 3.55. The van der Waals surface area contributed by atoms with E-state index in [1.807, 2.05) is 0 Å². The first-order valence-electron chi connectivity index (χ1n) is 5.04. The molecule has 0 aliphatic carbocycles. The van der Waals surface area contributed by atoms with Crippen molar-refractivity contribution in [2.45, 2.75) is 6.42 Å². The highest BCUT2D eigenvalue weighted by Gasteiger charge is 2.16. The van der Waals surface area contributed by atoms with Crippen molar-refractivity contribution in [3.8, 4) is 0 Å². The van der Waals surface area contributed by atoms with Gasteiger partial charge in [0.1, 0.15) is 11.6 Å². The fraction of sp³-hybridized carbons (Fsp3) is 0.0769. The lowest BCUT2D eigenvalue weighted by Gasteiger charge is -2.03. The predicted octanol–water partition coefficient (Wildman–Crippen LogP) is 2.79. The highest BCUT2D eigenvalue weighted by Crippen LogP contribution is 2.15. The molecule has 86 valence electrons. The highest BCUT2D eigenvalue weighted by molar-refractivity contribution is 5.97. The minimum absolute atomic E-state index is 0.0413. The Balaban J connectivity index is 2.27. The van der Waals surface area contributed by atoms with Gasteiger partial charge in [0.2, 0.25) is 0 Å². The quantitative estimate of drug-likeness (QED) is 0.763. The number of ketones is 1. The van der Waals surface area contributed by atoms with Crippen LogP contribution in [0.2, 0.25) is 0 Å². The second kappa shape index (κ2) is 4.82. The van der Waals surface area contributed by atoms with Crippen LogP contribution in [-0.2, 0) is 6.42 Å². The van der Waals surface area contributed by atoms with E-state index in [0.29, 0.717) is 5.56 Å². The van der Waals surface area contributed by atoms with E-state index >= 15 is 0 Å². The van der Waals surface area contributed by atoms with Crippen molar-refractivity contribution < 1.29 is 13.6 Å². The molecule has 0 bridgehead atoms. The van der Waals surface area contributed by atoms with Crippen molar-refractivity contribution >= 4 is 5.78 Å². The Bertz CT molecular complexity index is 520. The molecule has 1 heterocycles. The Morgan fingerprint density at radius 3 is 2.24 bits per heavy atom. The van der Waals surface area contributed by atoms with E-state index < -0.39 is 23.0 Å². The third-order valence-corrected chi connectivity index (χ3v) is 2.36. The molecule has 2 aromatic rings. The fourth-order valence-corrected chi connectivity index (χ4v) is 1.54. The number of carbonyl (C=O) groups is 1. The number of hydrogen-bond donors (Lipinski definition) is 0. The third kappa shape index (κ3) is 2.53. The topological polar surface area (TPSA) is 30.0 Å². The van der Waals surface area contributed by atoms with Crippen LogP contribution in [0.4, 0.5) is 8.78 Å². The first-order valence-corrected chi connectivity index (χ1v) is 5.04. The first kappa shape index (κ1) is 11.4. The molecule has 0 spiro atoms.